The second-order valence-corrected chi connectivity index (χ2v) is 7.28. The van der Waals surface area contributed by atoms with Crippen LogP contribution in [0, 0.1) is 17.8 Å². The minimum atomic E-state index is -0.143. The summed E-state index contributed by atoms with van der Waals surface area (Å²) in [5, 5.41) is 0. The van der Waals surface area contributed by atoms with Gasteiger partial charge in [0.15, 0.2) is 0 Å². The topological polar surface area (TPSA) is 66.6 Å². The highest BCUT2D eigenvalue weighted by Gasteiger charge is 2.33. The van der Waals surface area contributed by atoms with Crippen molar-refractivity contribution in [2.75, 3.05) is 26.2 Å². The third kappa shape index (κ3) is 5.08. The number of nitrogens with zero attached hydrogens (tertiary/aromatic N) is 2. The summed E-state index contributed by atoms with van der Waals surface area (Å²) < 4.78 is 0. The molecule has 0 saturated carbocycles. The fraction of sp³-hybridized carbons (Fsp3) is 0.882. The van der Waals surface area contributed by atoms with Gasteiger partial charge in [-0.15, -0.1) is 12.4 Å². The van der Waals surface area contributed by atoms with Crippen LogP contribution in [-0.2, 0) is 9.59 Å². The molecule has 0 aromatic carbocycles. The Labute approximate surface area is 146 Å². The Hall–Kier alpha value is -0.810. The molecular formula is C17H32ClN3O2. The van der Waals surface area contributed by atoms with Crippen molar-refractivity contribution in [3.8, 4) is 0 Å². The van der Waals surface area contributed by atoms with Crippen LogP contribution in [0.4, 0.5) is 0 Å². The highest BCUT2D eigenvalue weighted by Crippen LogP contribution is 2.24. The first-order valence-electron chi connectivity index (χ1n) is 8.73. The third-order valence-corrected chi connectivity index (χ3v) is 5.30. The molecule has 5 nitrogen and oxygen atoms in total. The zero-order chi connectivity index (χ0) is 16.3. The third-order valence-electron chi connectivity index (χ3n) is 5.30. The fourth-order valence-electron chi connectivity index (χ4n) is 3.51. The summed E-state index contributed by atoms with van der Waals surface area (Å²) in [5.41, 5.74) is 5.82. The lowest BCUT2D eigenvalue weighted by Gasteiger charge is -2.38. The Morgan fingerprint density at radius 3 is 2.17 bits per heavy atom. The van der Waals surface area contributed by atoms with E-state index in [0.717, 1.165) is 32.4 Å². The second-order valence-electron chi connectivity index (χ2n) is 7.28. The smallest absolute Gasteiger partial charge is 0.226 e. The molecule has 134 valence electrons. The number of nitrogens with two attached hydrogens (primary N) is 1. The van der Waals surface area contributed by atoms with Crippen LogP contribution in [0.5, 0.6) is 0 Å². The maximum atomic E-state index is 12.6. The van der Waals surface area contributed by atoms with E-state index in [2.05, 4.69) is 6.92 Å². The number of halogens is 1. The van der Waals surface area contributed by atoms with Gasteiger partial charge in [0, 0.05) is 38.1 Å². The normalized spacial score (nSPS) is 25.5. The molecule has 2 fully saturated rings. The highest BCUT2D eigenvalue weighted by atomic mass is 35.5. The van der Waals surface area contributed by atoms with E-state index in [0.29, 0.717) is 24.9 Å². The molecule has 23 heavy (non-hydrogen) atoms. The Kier molecular flexibility index (Phi) is 7.81. The molecule has 2 aliphatic heterocycles. The zero-order valence-electron chi connectivity index (χ0n) is 14.7. The van der Waals surface area contributed by atoms with Crippen molar-refractivity contribution in [3.05, 3.63) is 0 Å². The van der Waals surface area contributed by atoms with Crippen molar-refractivity contribution in [1.82, 2.24) is 9.80 Å². The van der Waals surface area contributed by atoms with Crippen molar-refractivity contribution in [3.63, 3.8) is 0 Å². The van der Waals surface area contributed by atoms with E-state index in [1.165, 1.54) is 6.42 Å². The van der Waals surface area contributed by atoms with Crippen LogP contribution in [0.2, 0.25) is 0 Å². The van der Waals surface area contributed by atoms with Crippen molar-refractivity contribution in [2.24, 2.45) is 23.5 Å². The van der Waals surface area contributed by atoms with Crippen molar-refractivity contribution >= 4 is 24.2 Å². The maximum absolute atomic E-state index is 12.6. The van der Waals surface area contributed by atoms with Crippen molar-refractivity contribution in [2.45, 2.75) is 52.5 Å². The average Bonchev–Trinajstić information content (AvgIpc) is 2.52. The van der Waals surface area contributed by atoms with Crippen LogP contribution in [0.25, 0.3) is 0 Å². The largest absolute Gasteiger partial charge is 0.342 e. The molecule has 2 aliphatic rings. The van der Waals surface area contributed by atoms with Crippen LogP contribution in [0.3, 0.4) is 0 Å². The molecule has 2 heterocycles. The van der Waals surface area contributed by atoms with Gasteiger partial charge < -0.3 is 15.5 Å². The molecule has 3 unspecified atom stereocenters. The summed E-state index contributed by atoms with van der Waals surface area (Å²) in [6.07, 6.45) is 3.93. The molecule has 3 atom stereocenters. The van der Waals surface area contributed by atoms with Gasteiger partial charge in [0.2, 0.25) is 11.8 Å². The summed E-state index contributed by atoms with van der Waals surface area (Å²) in [5.74, 6) is 1.01. The first-order chi connectivity index (χ1) is 10.4. The minimum Gasteiger partial charge on any atom is -0.342 e. The molecule has 2 saturated heterocycles. The number of rotatable bonds is 3. The Morgan fingerprint density at radius 2 is 1.65 bits per heavy atom. The second kappa shape index (κ2) is 8.88. The van der Waals surface area contributed by atoms with Gasteiger partial charge in [-0.05, 0) is 38.5 Å². The minimum absolute atomic E-state index is 0. The predicted molar refractivity (Wildman–Crippen MR) is 94.3 cm³/mol. The van der Waals surface area contributed by atoms with Gasteiger partial charge in [-0.3, -0.25) is 9.59 Å². The molecule has 0 aromatic rings. The van der Waals surface area contributed by atoms with Gasteiger partial charge >= 0.3 is 0 Å². The number of likely N-dealkylation sites (tertiary alicyclic amines) is 2. The summed E-state index contributed by atoms with van der Waals surface area (Å²) in [7, 11) is 0. The van der Waals surface area contributed by atoms with Crippen LogP contribution in [0.15, 0.2) is 0 Å². The van der Waals surface area contributed by atoms with Gasteiger partial charge in [-0.2, -0.15) is 0 Å². The van der Waals surface area contributed by atoms with Crippen molar-refractivity contribution in [1.29, 1.82) is 0 Å². The number of hydrogen-bond donors (Lipinski definition) is 1. The van der Waals surface area contributed by atoms with E-state index in [9.17, 15) is 9.59 Å². The standard InChI is InChI=1S/C17H31N3O2.ClH/c1-12-5-4-8-20(11-12)17(22)15-6-9-19(10-7-15)16(21)13(2)14(3)18;/h12-15H,4-11,18H2,1-3H3;1H. The van der Waals surface area contributed by atoms with E-state index >= 15 is 0 Å². The maximum Gasteiger partial charge on any atom is 0.226 e. The van der Waals surface area contributed by atoms with Crippen LogP contribution in [-0.4, -0.2) is 53.8 Å². The van der Waals surface area contributed by atoms with Crippen molar-refractivity contribution < 1.29 is 9.59 Å². The summed E-state index contributed by atoms with van der Waals surface area (Å²) in [4.78, 5) is 28.9. The van der Waals surface area contributed by atoms with Gasteiger partial charge in [-0.25, -0.2) is 0 Å². The molecule has 0 aliphatic carbocycles. The number of carbonyl (C=O) groups excluding carboxylic acids is 2. The quantitative estimate of drug-likeness (QED) is 0.849. The van der Waals surface area contributed by atoms with Gasteiger partial charge in [0.25, 0.3) is 0 Å². The Bertz CT molecular complexity index is 409. The number of carbonyl (C=O) groups is 2. The molecule has 0 aromatic heterocycles. The van der Waals surface area contributed by atoms with E-state index in [-0.39, 0.29) is 36.2 Å². The number of hydrogen-bond acceptors (Lipinski definition) is 3. The van der Waals surface area contributed by atoms with E-state index in [1.54, 1.807) is 0 Å². The summed E-state index contributed by atoms with van der Waals surface area (Å²) in [6, 6.07) is -0.123. The predicted octanol–water partition coefficient (Wildman–Crippen LogP) is 1.89. The van der Waals surface area contributed by atoms with Crippen LogP contribution in [0.1, 0.15) is 46.5 Å². The Morgan fingerprint density at radius 1 is 1.04 bits per heavy atom. The van der Waals surface area contributed by atoms with Crippen LogP contribution >= 0.6 is 12.4 Å². The first-order valence-corrected chi connectivity index (χ1v) is 8.73. The van der Waals surface area contributed by atoms with E-state index in [4.69, 9.17) is 5.73 Å². The number of piperidine rings is 2. The van der Waals surface area contributed by atoms with Gasteiger partial charge in [0.1, 0.15) is 0 Å². The first kappa shape index (κ1) is 20.2. The highest BCUT2D eigenvalue weighted by molar-refractivity contribution is 5.85. The molecule has 2 N–H and O–H groups in total. The number of amides is 2. The fourth-order valence-corrected chi connectivity index (χ4v) is 3.51. The monoisotopic (exact) mass is 345 g/mol. The van der Waals surface area contributed by atoms with Crippen LogP contribution < -0.4 is 5.73 Å². The molecule has 0 spiro atoms. The molecule has 2 rings (SSSR count). The lowest BCUT2D eigenvalue weighted by molar-refractivity contribution is -0.143. The molecular weight excluding hydrogens is 314 g/mol. The molecule has 0 radical (unpaired) electrons. The Balaban J connectivity index is 0.00000264. The lowest BCUT2D eigenvalue weighted by Crippen LogP contribution is -2.49. The molecule has 2 amide bonds. The van der Waals surface area contributed by atoms with Gasteiger partial charge in [-0.1, -0.05) is 13.8 Å². The molecule has 6 heteroatoms. The SMILES string of the molecule is CC1CCCN(C(=O)C2CCN(C(=O)C(C)C(C)N)CC2)C1.Cl. The van der Waals surface area contributed by atoms with E-state index < -0.39 is 0 Å². The zero-order valence-corrected chi connectivity index (χ0v) is 15.5. The van der Waals surface area contributed by atoms with Gasteiger partial charge in [0.05, 0.1) is 5.92 Å². The average molecular weight is 346 g/mol. The lowest BCUT2D eigenvalue weighted by atomic mass is 9.92. The summed E-state index contributed by atoms with van der Waals surface area (Å²) >= 11 is 0. The molecule has 0 bridgehead atoms. The van der Waals surface area contributed by atoms with E-state index in [1.807, 2.05) is 23.6 Å². The summed E-state index contributed by atoms with van der Waals surface area (Å²) in [6.45, 7) is 9.17.